The maximum absolute atomic E-state index is 13.2. The molecule has 0 unspecified atom stereocenters. The van der Waals surface area contributed by atoms with Crippen molar-refractivity contribution in [2.24, 2.45) is 0 Å². The van der Waals surface area contributed by atoms with Crippen molar-refractivity contribution >= 4 is 21.6 Å². The number of halogens is 2. The van der Waals surface area contributed by atoms with Gasteiger partial charge in [-0.05, 0) is 49.9 Å². The van der Waals surface area contributed by atoms with E-state index in [9.17, 15) is 12.8 Å². The molecule has 0 bridgehead atoms. The Balaban J connectivity index is 2.42. The van der Waals surface area contributed by atoms with Crippen LogP contribution in [0.1, 0.15) is 24.0 Å². The molecule has 1 aliphatic carbocycles. The van der Waals surface area contributed by atoms with Crippen LogP contribution in [0.5, 0.6) is 0 Å². The Morgan fingerprint density at radius 2 is 1.83 bits per heavy atom. The molecule has 0 amide bonds. The van der Waals surface area contributed by atoms with Crippen molar-refractivity contribution < 1.29 is 12.8 Å². The zero-order chi connectivity index (χ0) is 13.6. The minimum atomic E-state index is -3.65. The summed E-state index contributed by atoms with van der Waals surface area (Å²) >= 11 is 5.77. The second-order valence-electron chi connectivity index (χ2n) is 4.89. The van der Waals surface area contributed by atoms with E-state index in [1.807, 2.05) is 0 Å². The Bertz CT molecular complexity index is 559. The van der Waals surface area contributed by atoms with Crippen molar-refractivity contribution in [1.29, 1.82) is 0 Å². The molecule has 1 N–H and O–H groups in total. The van der Waals surface area contributed by atoms with Crippen molar-refractivity contribution in [3.8, 4) is 0 Å². The normalized spacial score (nSPS) is 17.8. The Kier molecular flexibility index (Phi) is 3.42. The second kappa shape index (κ2) is 4.47. The van der Waals surface area contributed by atoms with E-state index in [0.717, 1.165) is 12.8 Å². The standard InChI is InChI=1S/C12H15ClFNO2S/c1-8-5-10(14)6-9(2)11(8)18(16,17)15-12(7-13)3-4-12/h5-6,15H,3-4,7H2,1-2H3. The lowest BCUT2D eigenvalue weighted by molar-refractivity contribution is 0.557. The van der Waals surface area contributed by atoms with Crippen LogP contribution in [-0.2, 0) is 10.0 Å². The van der Waals surface area contributed by atoms with E-state index in [0.29, 0.717) is 11.1 Å². The summed E-state index contributed by atoms with van der Waals surface area (Å²) in [5, 5.41) is 0. The molecule has 2 rings (SSSR count). The number of aryl methyl sites for hydroxylation is 2. The molecule has 100 valence electrons. The molecule has 3 nitrogen and oxygen atoms in total. The highest BCUT2D eigenvalue weighted by atomic mass is 35.5. The summed E-state index contributed by atoms with van der Waals surface area (Å²) < 4.78 is 40.4. The molecule has 1 aromatic carbocycles. The van der Waals surface area contributed by atoms with Gasteiger partial charge in [-0.25, -0.2) is 17.5 Å². The third kappa shape index (κ3) is 2.53. The number of rotatable bonds is 4. The third-order valence-corrected chi connectivity index (χ3v) is 5.55. The Labute approximate surface area is 111 Å². The predicted octanol–water partition coefficient (Wildman–Crippen LogP) is 2.49. The van der Waals surface area contributed by atoms with E-state index in [1.165, 1.54) is 12.1 Å². The van der Waals surface area contributed by atoms with Crippen molar-refractivity contribution in [3.63, 3.8) is 0 Å². The molecule has 0 saturated heterocycles. The Morgan fingerprint density at radius 3 is 2.22 bits per heavy atom. The number of hydrogen-bond donors (Lipinski definition) is 1. The quantitative estimate of drug-likeness (QED) is 0.867. The topological polar surface area (TPSA) is 46.2 Å². The molecule has 0 aliphatic heterocycles. The van der Waals surface area contributed by atoms with E-state index < -0.39 is 21.4 Å². The largest absolute Gasteiger partial charge is 0.241 e. The van der Waals surface area contributed by atoms with Gasteiger partial charge in [-0.1, -0.05) is 0 Å². The van der Waals surface area contributed by atoms with Crippen molar-refractivity contribution in [2.45, 2.75) is 37.1 Å². The average Bonchev–Trinajstić information content (AvgIpc) is 2.95. The molecule has 18 heavy (non-hydrogen) atoms. The van der Waals surface area contributed by atoms with Gasteiger partial charge in [0.15, 0.2) is 0 Å². The smallest absolute Gasteiger partial charge is 0.207 e. The summed E-state index contributed by atoms with van der Waals surface area (Å²) in [6.45, 7) is 3.18. The number of hydrogen-bond acceptors (Lipinski definition) is 2. The lowest BCUT2D eigenvalue weighted by Crippen LogP contribution is -2.38. The van der Waals surface area contributed by atoms with Gasteiger partial charge < -0.3 is 0 Å². The summed E-state index contributed by atoms with van der Waals surface area (Å²) in [7, 11) is -3.65. The summed E-state index contributed by atoms with van der Waals surface area (Å²) in [4.78, 5) is 0.153. The maximum Gasteiger partial charge on any atom is 0.241 e. The summed E-state index contributed by atoms with van der Waals surface area (Å²) in [5.74, 6) is -0.173. The minimum Gasteiger partial charge on any atom is -0.207 e. The number of nitrogens with one attached hydrogen (secondary N) is 1. The van der Waals surface area contributed by atoms with Crippen molar-refractivity contribution in [2.75, 3.05) is 5.88 Å². The van der Waals surface area contributed by atoms with E-state index >= 15 is 0 Å². The van der Waals surface area contributed by atoms with Gasteiger partial charge in [-0.2, -0.15) is 0 Å². The Hall–Kier alpha value is -0.650. The molecule has 1 aliphatic rings. The SMILES string of the molecule is Cc1cc(F)cc(C)c1S(=O)(=O)NC1(CCl)CC1. The van der Waals surface area contributed by atoms with Gasteiger partial charge in [-0.3, -0.25) is 0 Å². The molecule has 0 spiro atoms. The lowest BCUT2D eigenvalue weighted by Gasteiger charge is -2.17. The fourth-order valence-corrected chi connectivity index (χ4v) is 4.40. The molecular formula is C12H15ClFNO2S. The Morgan fingerprint density at radius 1 is 1.33 bits per heavy atom. The van der Waals surface area contributed by atoms with Crippen LogP contribution in [0.25, 0.3) is 0 Å². The van der Waals surface area contributed by atoms with Gasteiger partial charge in [0.05, 0.1) is 4.90 Å². The van der Waals surface area contributed by atoms with Crippen LogP contribution in [0.2, 0.25) is 0 Å². The first-order valence-corrected chi connectivity index (χ1v) is 7.68. The van der Waals surface area contributed by atoms with Gasteiger partial charge in [0.1, 0.15) is 5.82 Å². The van der Waals surface area contributed by atoms with E-state index in [4.69, 9.17) is 11.6 Å². The molecule has 0 heterocycles. The third-order valence-electron chi connectivity index (χ3n) is 3.15. The molecular weight excluding hydrogens is 277 g/mol. The van der Waals surface area contributed by atoms with Gasteiger partial charge in [0.25, 0.3) is 0 Å². The first kappa shape index (κ1) is 13.8. The number of alkyl halides is 1. The van der Waals surface area contributed by atoms with Crippen LogP contribution in [0.4, 0.5) is 4.39 Å². The molecule has 6 heteroatoms. The summed E-state index contributed by atoms with van der Waals surface area (Å²) in [5.41, 5.74) is 0.309. The highest BCUT2D eigenvalue weighted by Crippen LogP contribution is 2.38. The highest BCUT2D eigenvalue weighted by Gasteiger charge is 2.45. The minimum absolute atomic E-state index is 0.153. The number of benzene rings is 1. The van der Waals surface area contributed by atoms with Crippen LogP contribution in [0.15, 0.2) is 17.0 Å². The van der Waals surface area contributed by atoms with Crippen LogP contribution in [-0.4, -0.2) is 19.8 Å². The van der Waals surface area contributed by atoms with Crippen LogP contribution < -0.4 is 4.72 Å². The lowest BCUT2D eigenvalue weighted by atomic mass is 10.1. The molecule has 0 atom stereocenters. The molecule has 1 saturated carbocycles. The molecule has 0 aromatic heterocycles. The van der Waals surface area contributed by atoms with Gasteiger partial charge >= 0.3 is 0 Å². The average molecular weight is 292 g/mol. The van der Waals surface area contributed by atoms with Gasteiger partial charge in [0.2, 0.25) is 10.0 Å². The van der Waals surface area contributed by atoms with Crippen LogP contribution >= 0.6 is 11.6 Å². The van der Waals surface area contributed by atoms with Crippen LogP contribution in [0.3, 0.4) is 0 Å². The first-order valence-electron chi connectivity index (χ1n) is 5.66. The maximum atomic E-state index is 13.2. The summed E-state index contributed by atoms with van der Waals surface area (Å²) in [6.07, 6.45) is 1.49. The predicted molar refractivity (Wildman–Crippen MR) is 68.9 cm³/mol. The first-order chi connectivity index (χ1) is 8.30. The van der Waals surface area contributed by atoms with Crippen molar-refractivity contribution in [1.82, 2.24) is 4.72 Å². The van der Waals surface area contributed by atoms with E-state index in [-0.39, 0.29) is 10.8 Å². The summed E-state index contributed by atoms with van der Waals surface area (Å²) in [6, 6.07) is 2.45. The van der Waals surface area contributed by atoms with Crippen LogP contribution in [0, 0.1) is 19.7 Å². The molecule has 1 aromatic rings. The molecule has 0 radical (unpaired) electrons. The van der Waals surface area contributed by atoms with Gasteiger partial charge in [-0.15, -0.1) is 11.6 Å². The fourth-order valence-electron chi connectivity index (χ4n) is 2.07. The zero-order valence-corrected chi connectivity index (χ0v) is 11.8. The fraction of sp³-hybridized carbons (Fsp3) is 0.500. The van der Waals surface area contributed by atoms with E-state index in [2.05, 4.69) is 4.72 Å². The molecule has 1 fully saturated rings. The van der Waals surface area contributed by atoms with Crippen molar-refractivity contribution in [3.05, 3.63) is 29.1 Å². The second-order valence-corrected chi connectivity index (χ2v) is 6.77. The number of sulfonamides is 1. The highest BCUT2D eigenvalue weighted by molar-refractivity contribution is 7.89. The zero-order valence-electron chi connectivity index (χ0n) is 10.3. The van der Waals surface area contributed by atoms with Gasteiger partial charge in [0, 0.05) is 11.4 Å². The van der Waals surface area contributed by atoms with E-state index in [1.54, 1.807) is 13.8 Å². The monoisotopic (exact) mass is 291 g/mol.